The largest absolute Gasteiger partial charge is 0.352 e. The summed E-state index contributed by atoms with van der Waals surface area (Å²) in [5.74, 6) is 0.0445. The number of nitrogens with one attached hydrogen (secondary N) is 2. The van der Waals surface area contributed by atoms with Crippen molar-refractivity contribution >= 4 is 5.91 Å². The van der Waals surface area contributed by atoms with E-state index in [4.69, 9.17) is 0 Å². The molecule has 1 aromatic rings. The van der Waals surface area contributed by atoms with Gasteiger partial charge in [0.15, 0.2) is 0 Å². The van der Waals surface area contributed by atoms with Crippen LogP contribution in [0.1, 0.15) is 64.7 Å². The van der Waals surface area contributed by atoms with E-state index in [1.807, 2.05) is 31.5 Å². The second kappa shape index (κ2) is 6.39. The molecule has 0 bridgehead atoms. The molecule has 2 rings (SSSR count). The average Bonchev–Trinajstić information content (AvgIpc) is 2.86. The lowest BCUT2D eigenvalue weighted by molar-refractivity contribution is -0.124. The number of rotatable bonds is 4. The Bertz CT molecular complexity index is 454. The van der Waals surface area contributed by atoms with Gasteiger partial charge in [-0.1, -0.05) is 0 Å². The predicted molar refractivity (Wildman–Crippen MR) is 79.4 cm³/mol. The van der Waals surface area contributed by atoms with Crippen molar-refractivity contribution in [3.63, 3.8) is 0 Å². The monoisotopic (exact) mass is 278 g/mol. The van der Waals surface area contributed by atoms with Gasteiger partial charge in [-0.3, -0.25) is 4.79 Å². The molecule has 0 radical (unpaired) electrons. The van der Waals surface area contributed by atoms with Crippen LogP contribution in [0.15, 0.2) is 12.5 Å². The minimum Gasteiger partial charge on any atom is -0.352 e. The van der Waals surface area contributed by atoms with Crippen molar-refractivity contribution in [3.05, 3.63) is 18.2 Å². The van der Waals surface area contributed by atoms with Crippen LogP contribution >= 0.6 is 0 Å². The number of hydrogen-bond donors (Lipinski definition) is 2. The second-order valence-corrected chi connectivity index (χ2v) is 6.12. The van der Waals surface area contributed by atoms with Gasteiger partial charge in [0, 0.05) is 24.3 Å². The summed E-state index contributed by atoms with van der Waals surface area (Å²) in [6.45, 7) is 8.09. The first kappa shape index (κ1) is 15.0. The van der Waals surface area contributed by atoms with E-state index >= 15 is 0 Å². The molecule has 112 valence electrons. The highest BCUT2D eigenvalue weighted by Gasteiger charge is 2.25. The van der Waals surface area contributed by atoms with Crippen molar-refractivity contribution in [2.24, 2.45) is 0 Å². The van der Waals surface area contributed by atoms with Crippen molar-refractivity contribution in [2.75, 3.05) is 0 Å². The zero-order valence-electron chi connectivity index (χ0n) is 12.9. The summed E-state index contributed by atoms with van der Waals surface area (Å²) >= 11 is 0. The first-order valence-electron chi connectivity index (χ1n) is 7.57. The molecule has 1 aliphatic heterocycles. The fraction of sp³-hybridized carbons (Fsp3) is 0.733. The minimum absolute atomic E-state index is 0.0445. The highest BCUT2D eigenvalue weighted by atomic mass is 16.2. The van der Waals surface area contributed by atoms with Gasteiger partial charge in [0.25, 0.3) is 0 Å². The molecule has 0 saturated carbocycles. The Morgan fingerprint density at radius 1 is 1.45 bits per heavy atom. The van der Waals surface area contributed by atoms with Crippen molar-refractivity contribution in [1.29, 1.82) is 0 Å². The van der Waals surface area contributed by atoms with Gasteiger partial charge in [-0.2, -0.15) is 0 Å². The topological polar surface area (TPSA) is 59.0 Å². The Kier molecular flexibility index (Phi) is 4.81. The highest BCUT2D eigenvalue weighted by Crippen LogP contribution is 2.27. The molecule has 3 unspecified atom stereocenters. The van der Waals surface area contributed by atoms with Crippen LogP contribution in [0, 0.1) is 0 Å². The van der Waals surface area contributed by atoms with Crippen LogP contribution in [0.25, 0.3) is 0 Å². The molecule has 2 N–H and O–H groups in total. The number of hydrogen-bond acceptors (Lipinski definition) is 3. The second-order valence-electron chi connectivity index (χ2n) is 6.12. The van der Waals surface area contributed by atoms with E-state index in [9.17, 15) is 4.79 Å². The lowest BCUT2D eigenvalue weighted by atomic mass is 9.97. The molecular formula is C15H26N4O. The van der Waals surface area contributed by atoms with E-state index in [0.717, 1.165) is 12.1 Å². The van der Waals surface area contributed by atoms with E-state index in [1.54, 1.807) is 6.33 Å². The van der Waals surface area contributed by atoms with Crippen LogP contribution in [0.3, 0.4) is 0 Å². The maximum Gasteiger partial charge on any atom is 0.243 e. The molecule has 0 aromatic carbocycles. The van der Waals surface area contributed by atoms with Crippen LogP contribution < -0.4 is 10.6 Å². The molecule has 1 amide bonds. The summed E-state index contributed by atoms with van der Waals surface area (Å²) in [6, 6.07) is 0.756. The summed E-state index contributed by atoms with van der Waals surface area (Å²) in [4.78, 5) is 16.4. The van der Waals surface area contributed by atoms with Crippen LogP contribution in [0.2, 0.25) is 0 Å². The van der Waals surface area contributed by atoms with Crippen LogP contribution in [-0.4, -0.2) is 27.5 Å². The predicted octanol–water partition coefficient (Wildman–Crippen LogP) is 2.17. The standard InChI is InChI=1S/C15H26N4O/c1-10(2)17-15(20)12(4)19-9-16-8-14(19)13-7-5-6-11(3)18-13/h8-13,18H,5-7H2,1-4H3,(H,17,20). The van der Waals surface area contributed by atoms with Gasteiger partial charge in [0.1, 0.15) is 6.04 Å². The molecule has 1 aliphatic rings. The number of carbonyl (C=O) groups is 1. The normalized spacial score (nSPS) is 24.6. The Hall–Kier alpha value is -1.36. The fourth-order valence-corrected chi connectivity index (χ4v) is 2.81. The lowest BCUT2D eigenvalue weighted by Crippen LogP contribution is -2.38. The number of nitrogens with zero attached hydrogens (tertiary/aromatic N) is 2. The molecule has 20 heavy (non-hydrogen) atoms. The molecule has 1 fully saturated rings. The third-order valence-corrected chi connectivity index (χ3v) is 3.90. The van der Waals surface area contributed by atoms with E-state index in [-0.39, 0.29) is 18.0 Å². The van der Waals surface area contributed by atoms with Gasteiger partial charge in [-0.15, -0.1) is 0 Å². The zero-order chi connectivity index (χ0) is 14.7. The first-order valence-corrected chi connectivity index (χ1v) is 7.57. The van der Waals surface area contributed by atoms with Crippen molar-refractivity contribution in [1.82, 2.24) is 20.2 Å². The van der Waals surface area contributed by atoms with E-state index in [1.165, 1.54) is 12.8 Å². The molecule has 3 atom stereocenters. The highest BCUT2D eigenvalue weighted by molar-refractivity contribution is 5.80. The van der Waals surface area contributed by atoms with Crippen molar-refractivity contribution in [3.8, 4) is 0 Å². The van der Waals surface area contributed by atoms with Gasteiger partial charge in [0.05, 0.1) is 12.0 Å². The summed E-state index contributed by atoms with van der Waals surface area (Å²) in [6.07, 6.45) is 7.19. The Balaban J connectivity index is 2.13. The van der Waals surface area contributed by atoms with E-state index in [2.05, 4.69) is 22.5 Å². The molecule has 0 spiro atoms. The van der Waals surface area contributed by atoms with Gasteiger partial charge in [0.2, 0.25) is 5.91 Å². The van der Waals surface area contributed by atoms with Crippen LogP contribution in [0.4, 0.5) is 0 Å². The molecule has 5 nitrogen and oxygen atoms in total. The number of aromatic nitrogens is 2. The number of piperidine rings is 1. The van der Waals surface area contributed by atoms with Crippen molar-refractivity contribution in [2.45, 2.75) is 71.1 Å². The Labute approximate surface area is 121 Å². The van der Waals surface area contributed by atoms with E-state index < -0.39 is 0 Å². The Morgan fingerprint density at radius 3 is 2.85 bits per heavy atom. The number of amides is 1. The van der Waals surface area contributed by atoms with E-state index in [0.29, 0.717) is 12.1 Å². The van der Waals surface area contributed by atoms with Gasteiger partial charge in [-0.05, 0) is 47.0 Å². The number of carbonyl (C=O) groups excluding carboxylic acids is 1. The van der Waals surface area contributed by atoms with Crippen LogP contribution in [-0.2, 0) is 4.79 Å². The van der Waals surface area contributed by atoms with Gasteiger partial charge >= 0.3 is 0 Å². The third-order valence-electron chi connectivity index (χ3n) is 3.90. The number of imidazole rings is 1. The van der Waals surface area contributed by atoms with Gasteiger partial charge in [-0.25, -0.2) is 4.98 Å². The quantitative estimate of drug-likeness (QED) is 0.887. The smallest absolute Gasteiger partial charge is 0.243 e. The maximum atomic E-state index is 12.2. The summed E-state index contributed by atoms with van der Waals surface area (Å²) in [5.41, 5.74) is 1.11. The SMILES string of the molecule is CC(C)NC(=O)C(C)n1cncc1C1CCCC(C)N1. The van der Waals surface area contributed by atoms with Crippen molar-refractivity contribution < 1.29 is 4.79 Å². The molecule has 5 heteroatoms. The van der Waals surface area contributed by atoms with Crippen LogP contribution in [0.5, 0.6) is 0 Å². The summed E-state index contributed by atoms with van der Waals surface area (Å²) in [5, 5.41) is 6.56. The zero-order valence-corrected chi connectivity index (χ0v) is 12.9. The lowest BCUT2D eigenvalue weighted by Gasteiger charge is -2.30. The van der Waals surface area contributed by atoms with Gasteiger partial charge < -0.3 is 15.2 Å². The first-order chi connectivity index (χ1) is 9.49. The molecule has 1 aromatic heterocycles. The summed E-state index contributed by atoms with van der Waals surface area (Å²) < 4.78 is 1.99. The fourth-order valence-electron chi connectivity index (χ4n) is 2.81. The average molecular weight is 278 g/mol. The third kappa shape index (κ3) is 3.39. The molecule has 0 aliphatic carbocycles. The Morgan fingerprint density at radius 2 is 2.20 bits per heavy atom. The molecular weight excluding hydrogens is 252 g/mol. The summed E-state index contributed by atoms with van der Waals surface area (Å²) in [7, 11) is 0. The maximum absolute atomic E-state index is 12.2. The minimum atomic E-state index is -0.228. The molecule has 1 saturated heterocycles. The molecule has 2 heterocycles.